The van der Waals surface area contributed by atoms with Gasteiger partial charge in [0.2, 0.25) is 5.91 Å². The number of amides is 1. The minimum Gasteiger partial charge on any atom is -0.306 e. The van der Waals surface area contributed by atoms with E-state index in [1.807, 2.05) is 0 Å². The van der Waals surface area contributed by atoms with Crippen LogP contribution in [-0.4, -0.2) is 30.5 Å². The van der Waals surface area contributed by atoms with Gasteiger partial charge in [0.15, 0.2) is 11.5 Å². The molecule has 0 radical (unpaired) electrons. The summed E-state index contributed by atoms with van der Waals surface area (Å²) in [6.45, 7) is 2.37. The number of carbonyl (C=O) groups excluding carboxylic acids is 1. The summed E-state index contributed by atoms with van der Waals surface area (Å²) in [5, 5.41) is 10.8. The predicted molar refractivity (Wildman–Crippen MR) is 118 cm³/mol. The average Bonchev–Trinajstić information content (AvgIpc) is 3.22. The van der Waals surface area contributed by atoms with Crippen LogP contribution in [0.4, 0.5) is 23.4 Å². The molecule has 7 nitrogen and oxygen atoms in total. The topological polar surface area (TPSA) is 77.6 Å². The van der Waals surface area contributed by atoms with Crippen LogP contribution in [0.3, 0.4) is 0 Å². The second kappa shape index (κ2) is 8.88. The number of carbonyl (C=O) groups is 1. The van der Waals surface area contributed by atoms with Gasteiger partial charge in [-0.3, -0.25) is 9.48 Å². The smallest absolute Gasteiger partial charge is 0.306 e. The van der Waals surface area contributed by atoms with Crippen molar-refractivity contribution < 1.29 is 22.4 Å². The Labute approximate surface area is 200 Å². The Hall–Kier alpha value is -3.18. The van der Waals surface area contributed by atoms with Crippen LogP contribution in [0, 0.1) is 19.7 Å². The number of halogens is 6. The molecule has 0 bridgehead atoms. The van der Waals surface area contributed by atoms with Crippen LogP contribution in [0.25, 0.3) is 11.0 Å². The van der Waals surface area contributed by atoms with Crippen LogP contribution in [-0.2, 0) is 24.1 Å². The van der Waals surface area contributed by atoms with Crippen molar-refractivity contribution in [2.75, 3.05) is 5.32 Å². The maximum atomic E-state index is 14.0. The second-order valence-corrected chi connectivity index (χ2v) is 8.34. The predicted octanol–water partition coefficient (Wildman–Crippen LogP) is 5.40. The summed E-state index contributed by atoms with van der Waals surface area (Å²) in [7, 11) is 0. The molecule has 4 aromatic rings. The number of rotatable bonds is 5. The standard InChI is InChI=1S/C21H16Cl2F4N6O/c1-10-6-13(21(25,26)27)18-11(2)30-33(20(18)28-10)9-17(34)29-19-15(23)8-32(31-19)7-12-14(22)4-3-5-16(12)24/h3-6,8H,7,9H2,1-2H3,(H,29,31,34). The van der Waals surface area contributed by atoms with Gasteiger partial charge in [-0.1, -0.05) is 29.3 Å². The van der Waals surface area contributed by atoms with E-state index in [9.17, 15) is 22.4 Å². The van der Waals surface area contributed by atoms with Crippen molar-refractivity contribution >= 4 is 46.0 Å². The summed E-state index contributed by atoms with van der Waals surface area (Å²) in [5.74, 6) is -1.17. The number of hydrogen-bond donors (Lipinski definition) is 1. The largest absolute Gasteiger partial charge is 0.417 e. The fourth-order valence-corrected chi connectivity index (χ4v) is 3.95. The molecule has 13 heteroatoms. The Morgan fingerprint density at radius 2 is 1.88 bits per heavy atom. The first kappa shape index (κ1) is 24.0. The minimum atomic E-state index is -4.60. The molecule has 0 saturated carbocycles. The van der Waals surface area contributed by atoms with Crippen LogP contribution in [0.1, 0.15) is 22.5 Å². The lowest BCUT2D eigenvalue weighted by Gasteiger charge is -2.10. The van der Waals surface area contributed by atoms with Gasteiger partial charge in [0.25, 0.3) is 0 Å². The minimum absolute atomic E-state index is 0.00701. The zero-order valence-electron chi connectivity index (χ0n) is 17.7. The number of hydrogen-bond acceptors (Lipinski definition) is 4. The Bertz CT molecular complexity index is 1390. The summed E-state index contributed by atoms with van der Waals surface area (Å²) in [5.41, 5.74) is -0.512. The van der Waals surface area contributed by atoms with E-state index in [0.29, 0.717) is 0 Å². The molecule has 0 spiro atoms. The number of alkyl halides is 3. The van der Waals surface area contributed by atoms with Gasteiger partial charge >= 0.3 is 6.18 Å². The van der Waals surface area contributed by atoms with Gasteiger partial charge in [0, 0.05) is 22.5 Å². The molecule has 3 heterocycles. The van der Waals surface area contributed by atoms with Crippen molar-refractivity contribution in [1.82, 2.24) is 24.5 Å². The normalized spacial score (nSPS) is 11.9. The van der Waals surface area contributed by atoms with Crippen LogP contribution < -0.4 is 5.32 Å². The molecule has 0 atom stereocenters. The molecule has 0 unspecified atom stereocenters. The van der Waals surface area contributed by atoms with Gasteiger partial charge in [0.1, 0.15) is 17.4 Å². The van der Waals surface area contributed by atoms with Crippen LogP contribution in [0.5, 0.6) is 0 Å². The number of aryl methyl sites for hydroxylation is 2. The molecule has 4 rings (SSSR count). The van der Waals surface area contributed by atoms with E-state index in [2.05, 4.69) is 20.5 Å². The van der Waals surface area contributed by atoms with E-state index >= 15 is 0 Å². The third-order valence-electron chi connectivity index (χ3n) is 4.96. The van der Waals surface area contributed by atoms with E-state index in [1.165, 1.54) is 42.9 Å². The zero-order valence-corrected chi connectivity index (χ0v) is 19.2. The number of aromatic nitrogens is 5. The fraction of sp³-hybridized carbons (Fsp3) is 0.238. The highest BCUT2D eigenvalue weighted by molar-refractivity contribution is 6.33. The molecule has 3 aromatic heterocycles. The number of anilines is 1. The number of nitrogens with zero attached hydrogens (tertiary/aromatic N) is 5. The van der Waals surface area contributed by atoms with E-state index < -0.39 is 30.0 Å². The second-order valence-electron chi connectivity index (χ2n) is 7.52. The van der Waals surface area contributed by atoms with Gasteiger partial charge < -0.3 is 5.32 Å². The van der Waals surface area contributed by atoms with Crippen molar-refractivity contribution in [3.8, 4) is 0 Å². The van der Waals surface area contributed by atoms with Crippen LogP contribution in [0.15, 0.2) is 30.5 Å². The summed E-state index contributed by atoms with van der Waals surface area (Å²) < 4.78 is 56.9. The average molecular weight is 515 g/mol. The van der Waals surface area contributed by atoms with Crippen molar-refractivity contribution in [1.29, 1.82) is 0 Å². The maximum Gasteiger partial charge on any atom is 0.417 e. The maximum absolute atomic E-state index is 14.0. The summed E-state index contributed by atoms with van der Waals surface area (Å²) >= 11 is 12.2. The van der Waals surface area contributed by atoms with Gasteiger partial charge in [-0.15, -0.1) is 0 Å². The van der Waals surface area contributed by atoms with Gasteiger partial charge in [-0.25, -0.2) is 14.1 Å². The molecule has 1 N–H and O–H groups in total. The summed E-state index contributed by atoms with van der Waals surface area (Å²) in [6.07, 6.45) is -3.22. The first-order chi connectivity index (χ1) is 15.9. The van der Waals surface area contributed by atoms with Gasteiger partial charge in [0.05, 0.1) is 23.2 Å². The lowest BCUT2D eigenvalue weighted by atomic mass is 10.1. The highest BCUT2D eigenvalue weighted by atomic mass is 35.5. The molecule has 178 valence electrons. The zero-order chi connectivity index (χ0) is 24.8. The molecule has 1 amide bonds. The first-order valence-corrected chi connectivity index (χ1v) is 10.6. The molecule has 0 aliphatic carbocycles. The molecular weight excluding hydrogens is 499 g/mol. The van der Waals surface area contributed by atoms with Crippen molar-refractivity contribution in [3.05, 3.63) is 68.8 Å². The monoisotopic (exact) mass is 514 g/mol. The molecule has 0 fully saturated rings. The SMILES string of the molecule is Cc1cc(C(F)(F)F)c2c(C)nn(CC(=O)Nc3nn(Cc4c(F)cccc4Cl)cc3Cl)c2n1. The Kier molecular flexibility index (Phi) is 6.26. The lowest BCUT2D eigenvalue weighted by Crippen LogP contribution is -2.20. The third kappa shape index (κ3) is 4.71. The molecule has 1 aromatic carbocycles. The fourth-order valence-electron chi connectivity index (χ4n) is 3.53. The van der Waals surface area contributed by atoms with E-state index in [-0.39, 0.29) is 50.4 Å². The highest BCUT2D eigenvalue weighted by Crippen LogP contribution is 2.36. The lowest BCUT2D eigenvalue weighted by molar-refractivity contribution is -0.136. The highest BCUT2D eigenvalue weighted by Gasteiger charge is 2.35. The number of fused-ring (bicyclic) bond motifs is 1. The van der Waals surface area contributed by atoms with Gasteiger partial charge in [-0.2, -0.15) is 23.4 Å². The quantitative estimate of drug-likeness (QED) is 0.362. The first-order valence-electron chi connectivity index (χ1n) is 9.81. The molecule has 0 aliphatic heterocycles. The van der Waals surface area contributed by atoms with E-state index in [4.69, 9.17) is 23.2 Å². The molecular formula is C21H16Cl2F4N6O. The van der Waals surface area contributed by atoms with Crippen molar-refractivity contribution in [2.45, 2.75) is 33.1 Å². The number of benzene rings is 1. The third-order valence-corrected chi connectivity index (χ3v) is 5.59. The van der Waals surface area contributed by atoms with Crippen LogP contribution >= 0.6 is 23.2 Å². The Balaban J connectivity index is 1.57. The Morgan fingerprint density at radius 1 is 1.15 bits per heavy atom. The summed E-state index contributed by atoms with van der Waals surface area (Å²) in [4.78, 5) is 16.8. The Morgan fingerprint density at radius 3 is 2.56 bits per heavy atom. The summed E-state index contributed by atoms with van der Waals surface area (Å²) in [6, 6.07) is 5.20. The van der Waals surface area contributed by atoms with Crippen molar-refractivity contribution in [2.24, 2.45) is 0 Å². The molecule has 0 aliphatic rings. The van der Waals surface area contributed by atoms with Crippen molar-refractivity contribution in [3.63, 3.8) is 0 Å². The molecule has 34 heavy (non-hydrogen) atoms. The molecule has 0 saturated heterocycles. The van der Waals surface area contributed by atoms with E-state index in [0.717, 1.165) is 10.7 Å². The number of nitrogens with one attached hydrogen (secondary N) is 1. The van der Waals surface area contributed by atoms with Crippen LogP contribution in [0.2, 0.25) is 10.0 Å². The number of pyridine rings is 1. The van der Waals surface area contributed by atoms with Gasteiger partial charge in [-0.05, 0) is 32.0 Å². The van der Waals surface area contributed by atoms with E-state index in [1.54, 1.807) is 0 Å².